The van der Waals surface area contributed by atoms with E-state index in [9.17, 15) is 14.3 Å². The molecule has 2 aliphatic heterocycles. The molecule has 0 aliphatic carbocycles. The maximum Gasteiger partial charge on any atom is 0.257 e. The van der Waals surface area contributed by atoms with Crippen LogP contribution in [0.15, 0.2) is 36.5 Å². The normalized spacial score (nSPS) is 22.6. The highest BCUT2D eigenvalue weighted by Crippen LogP contribution is 2.39. The van der Waals surface area contributed by atoms with Gasteiger partial charge in [-0.1, -0.05) is 12.1 Å². The molecule has 124 valence electrons. The van der Waals surface area contributed by atoms with E-state index in [1.807, 2.05) is 17.8 Å². The van der Waals surface area contributed by atoms with Gasteiger partial charge < -0.3 is 10.0 Å². The number of hydrogen-bond acceptors (Lipinski definition) is 3. The van der Waals surface area contributed by atoms with Crippen LogP contribution in [0, 0.1) is 5.82 Å². The molecule has 1 amide bonds. The molecule has 3 heterocycles. The monoisotopic (exact) mass is 327 g/mol. The largest absolute Gasteiger partial charge is 0.505 e. The molecule has 2 atom stereocenters. The van der Waals surface area contributed by atoms with Gasteiger partial charge in [-0.25, -0.2) is 4.39 Å². The highest BCUT2D eigenvalue weighted by molar-refractivity contribution is 5.96. The molecule has 5 nitrogen and oxygen atoms in total. The molecule has 2 aliphatic rings. The lowest BCUT2D eigenvalue weighted by Crippen LogP contribution is -2.43. The summed E-state index contributed by atoms with van der Waals surface area (Å²) in [4.78, 5) is 14.6. The van der Waals surface area contributed by atoms with Crippen LogP contribution in [0.1, 0.15) is 35.3 Å². The third kappa shape index (κ3) is 2.21. The van der Waals surface area contributed by atoms with Gasteiger partial charge in [0.25, 0.3) is 5.91 Å². The minimum Gasteiger partial charge on any atom is -0.505 e. The molecule has 2 unspecified atom stereocenters. The molecule has 1 fully saturated rings. The van der Waals surface area contributed by atoms with Gasteiger partial charge in [0, 0.05) is 19.3 Å². The van der Waals surface area contributed by atoms with Crippen molar-refractivity contribution in [1.82, 2.24) is 14.7 Å². The van der Waals surface area contributed by atoms with Crippen LogP contribution in [0.2, 0.25) is 0 Å². The average Bonchev–Trinajstić information content (AvgIpc) is 3.10. The number of carbonyl (C=O) groups excluding carboxylic acids is 1. The minimum absolute atomic E-state index is 0.0390. The van der Waals surface area contributed by atoms with Crippen LogP contribution in [0.3, 0.4) is 0 Å². The van der Waals surface area contributed by atoms with Crippen molar-refractivity contribution in [3.8, 4) is 5.75 Å². The van der Waals surface area contributed by atoms with Gasteiger partial charge in [-0.05, 0) is 43.0 Å². The summed E-state index contributed by atoms with van der Waals surface area (Å²) in [6.45, 7) is 0. The first-order valence-electron chi connectivity index (χ1n) is 8.05. The number of aryl methyl sites for hydroxylation is 1. The SMILES string of the molecule is Cn1nccc1C1=CC2CCC(C1)N2C(=O)c1cccc(O)c1F. The number of aromatic nitrogens is 2. The Hall–Kier alpha value is -2.63. The fourth-order valence-electron chi connectivity index (χ4n) is 3.85. The summed E-state index contributed by atoms with van der Waals surface area (Å²) in [6, 6.07) is 6.16. The van der Waals surface area contributed by atoms with Crippen molar-refractivity contribution in [2.75, 3.05) is 0 Å². The van der Waals surface area contributed by atoms with Crippen molar-refractivity contribution in [2.24, 2.45) is 7.05 Å². The van der Waals surface area contributed by atoms with Crippen molar-refractivity contribution in [1.29, 1.82) is 0 Å². The highest BCUT2D eigenvalue weighted by Gasteiger charge is 2.41. The predicted octanol–water partition coefficient (Wildman–Crippen LogP) is 2.73. The zero-order chi connectivity index (χ0) is 16.8. The van der Waals surface area contributed by atoms with Gasteiger partial charge in [-0.3, -0.25) is 9.48 Å². The van der Waals surface area contributed by atoms with Gasteiger partial charge in [-0.15, -0.1) is 0 Å². The molecule has 1 saturated heterocycles. The molecule has 6 heteroatoms. The maximum absolute atomic E-state index is 14.1. The number of phenolic OH excluding ortho intramolecular Hbond substituents is 1. The van der Waals surface area contributed by atoms with Crippen molar-refractivity contribution < 1.29 is 14.3 Å². The highest BCUT2D eigenvalue weighted by atomic mass is 19.1. The Morgan fingerprint density at radius 3 is 2.88 bits per heavy atom. The van der Waals surface area contributed by atoms with Crippen LogP contribution in [0.25, 0.3) is 5.57 Å². The molecule has 4 rings (SSSR count). The molecule has 0 radical (unpaired) electrons. The number of benzene rings is 1. The van der Waals surface area contributed by atoms with E-state index in [4.69, 9.17) is 0 Å². The summed E-state index contributed by atoms with van der Waals surface area (Å²) in [6.07, 6.45) is 6.37. The second kappa shape index (κ2) is 5.47. The molecule has 1 aromatic carbocycles. The topological polar surface area (TPSA) is 58.4 Å². The van der Waals surface area contributed by atoms with Gasteiger partial charge in [0.05, 0.1) is 17.3 Å². The lowest BCUT2D eigenvalue weighted by Gasteiger charge is -2.34. The lowest BCUT2D eigenvalue weighted by atomic mass is 9.97. The summed E-state index contributed by atoms with van der Waals surface area (Å²) in [5.74, 6) is -1.68. The van der Waals surface area contributed by atoms with E-state index in [1.165, 1.54) is 23.8 Å². The van der Waals surface area contributed by atoms with Gasteiger partial charge in [-0.2, -0.15) is 5.10 Å². The van der Waals surface area contributed by atoms with Crippen molar-refractivity contribution in [2.45, 2.75) is 31.3 Å². The van der Waals surface area contributed by atoms with Crippen molar-refractivity contribution in [3.05, 3.63) is 53.6 Å². The second-order valence-electron chi connectivity index (χ2n) is 6.39. The zero-order valence-electron chi connectivity index (χ0n) is 13.3. The Kier molecular flexibility index (Phi) is 3.40. The van der Waals surface area contributed by atoms with Crippen molar-refractivity contribution >= 4 is 11.5 Å². The summed E-state index contributed by atoms with van der Waals surface area (Å²) in [5, 5.41) is 13.7. The molecule has 2 bridgehead atoms. The van der Waals surface area contributed by atoms with Gasteiger partial charge in [0.2, 0.25) is 0 Å². The Bertz CT molecular complexity index is 843. The third-order valence-electron chi connectivity index (χ3n) is 4.99. The smallest absolute Gasteiger partial charge is 0.257 e. The number of hydrogen-bond donors (Lipinski definition) is 1. The van der Waals surface area contributed by atoms with Crippen LogP contribution in [0.4, 0.5) is 4.39 Å². The molecule has 1 N–H and O–H groups in total. The maximum atomic E-state index is 14.1. The second-order valence-corrected chi connectivity index (χ2v) is 6.39. The van der Waals surface area contributed by atoms with Gasteiger partial charge >= 0.3 is 0 Å². The standard InChI is InChI=1S/C18H18FN3O2/c1-21-15(7-8-20-21)11-9-12-5-6-13(10-11)22(12)18(24)14-3-2-4-16(23)17(14)19/h2-4,7-9,12-13,23H,5-6,10H2,1H3. The number of aromatic hydroxyl groups is 1. The number of fused-ring (bicyclic) bond motifs is 2. The average molecular weight is 327 g/mol. The third-order valence-corrected chi connectivity index (χ3v) is 4.99. The molecular weight excluding hydrogens is 309 g/mol. The molecule has 24 heavy (non-hydrogen) atoms. The molecule has 0 saturated carbocycles. The fraction of sp³-hybridized carbons (Fsp3) is 0.333. The summed E-state index contributed by atoms with van der Waals surface area (Å²) < 4.78 is 15.9. The van der Waals surface area contributed by atoms with E-state index in [-0.39, 0.29) is 23.6 Å². The van der Waals surface area contributed by atoms with E-state index in [0.717, 1.165) is 25.0 Å². The molecule has 0 spiro atoms. The quantitative estimate of drug-likeness (QED) is 0.923. The fourth-order valence-corrected chi connectivity index (χ4v) is 3.85. The molecular formula is C18H18FN3O2. The summed E-state index contributed by atoms with van der Waals surface area (Å²) >= 11 is 0. The van der Waals surface area contributed by atoms with Crippen LogP contribution in [0.5, 0.6) is 5.75 Å². The van der Waals surface area contributed by atoms with Gasteiger partial charge in [0.1, 0.15) is 0 Å². The number of amides is 1. The summed E-state index contributed by atoms with van der Waals surface area (Å²) in [7, 11) is 1.90. The number of nitrogens with zero attached hydrogens (tertiary/aromatic N) is 3. The Morgan fingerprint density at radius 2 is 2.17 bits per heavy atom. The first kappa shape index (κ1) is 14.9. The van der Waals surface area contributed by atoms with E-state index in [2.05, 4.69) is 11.2 Å². The first-order valence-corrected chi connectivity index (χ1v) is 8.05. The molecule has 1 aromatic heterocycles. The first-order chi connectivity index (χ1) is 11.6. The van der Waals surface area contributed by atoms with Crippen LogP contribution >= 0.6 is 0 Å². The number of phenols is 1. The Morgan fingerprint density at radius 1 is 1.33 bits per heavy atom. The molecule has 2 aromatic rings. The van der Waals surface area contributed by atoms with Crippen molar-refractivity contribution in [3.63, 3.8) is 0 Å². The van der Waals surface area contributed by atoms with Crippen LogP contribution in [-0.2, 0) is 7.05 Å². The lowest BCUT2D eigenvalue weighted by molar-refractivity contribution is 0.0686. The van der Waals surface area contributed by atoms with Gasteiger partial charge in [0.15, 0.2) is 11.6 Å². The van der Waals surface area contributed by atoms with Crippen LogP contribution in [-0.4, -0.2) is 37.8 Å². The minimum atomic E-state index is -0.844. The Balaban J connectivity index is 1.67. The predicted molar refractivity (Wildman–Crippen MR) is 86.8 cm³/mol. The van der Waals surface area contributed by atoms with E-state index in [0.29, 0.717) is 0 Å². The van der Waals surface area contributed by atoms with E-state index in [1.54, 1.807) is 11.1 Å². The zero-order valence-corrected chi connectivity index (χ0v) is 13.3. The van der Waals surface area contributed by atoms with E-state index < -0.39 is 11.6 Å². The number of carbonyl (C=O) groups is 1. The number of rotatable bonds is 2. The van der Waals surface area contributed by atoms with E-state index >= 15 is 0 Å². The van der Waals surface area contributed by atoms with Crippen LogP contribution < -0.4 is 0 Å². The summed E-state index contributed by atoms with van der Waals surface area (Å²) in [5.41, 5.74) is 2.18. The number of halogens is 1. The Labute approximate surface area is 139 Å².